The van der Waals surface area contributed by atoms with Gasteiger partial charge in [-0.2, -0.15) is 0 Å². The van der Waals surface area contributed by atoms with Crippen LogP contribution in [0.3, 0.4) is 0 Å². The molecule has 160 valence electrons. The molecule has 4 heterocycles. The molecule has 1 N–H and O–H groups in total. The van der Waals surface area contributed by atoms with Crippen molar-refractivity contribution in [2.75, 3.05) is 30.8 Å². The average Bonchev–Trinajstić information content (AvgIpc) is 3.41. The molecule has 0 radical (unpaired) electrons. The van der Waals surface area contributed by atoms with Crippen molar-refractivity contribution in [2.24, 2.45) is 5.92 Å². The van der Waals surface area contributed by atoms with Crippen LogP contribution < -0.4 is 4.90 Å². The zero-order valence-electron chi connectivity index (χ0n) is 16.9. The number of nitrogens with zero attached hydrogens (tertiary/aromatic N) is 5. The first kappa shape index (κ1) is 19.5. The number of rotatable bonds is 6. The van der Waals surface area contributed by atoms with Gasteiger partial charge in [0.15, 0.2) is 5.89 Å². The third-order valence-corrected chi connectivity index (χ3v) is 8.56. The summed E-state index contributed by atoms with van der Waals surface area (Å²) in [5.41, 5.74) is 0.818. The molecule has 0 aromatic carbocycles. The number of nitrogens with one attached hydrogen (secondary N) is 1. The molecular weight excluding hydrogens is 404 g/mol. The van der Waals surface area contributed by atoms with Gasteiger partial charge in [0.1, 0.15) is 24.1 Å². The van der Waals surface area contributed by atoms with E-state index in [1.807, 2.05) is 19.3 Å². The van der Waals surface area contributed by atoms with Crippen molar-refractivity contribution < 1.29 is 12.8 Å². The minimum Gasteiger partial charge on any atom is -0.449 e. The molecular formula is C20H26N6O3S. The van der Waals surface area contributed by atoms with Crippen LogP contribution in [0.15, 0.2) is 35.5 Å². The van der Waals surface area contributed by atoms with Gasteiger partial charge in [0, 0.05) is 38.3 Å². The van der Waals surface area contributed by atoms with Crippen LogP contribution in [0.2, 0.25) is 0 Å². The molecule has 0 atom stereocenters. The maximum atomic E-state index is 12.9. The minimum absolute atomic E-state index is 0.190. The van der Waals surface area contributed by atoms with E-state index >= 15 is 0 Å². The first-order valence-corrected chi connectivity index (χ1v) is 12.0. The Kier molecular flexibility index (Phi) is 4.98. The van der Waals surface area contributed by atoms with Crippen molar-refractivity contribution in [3.8, 4) is 0 Å². The Bertz CT molecular complexity index is 1100. The quantitative estimate of drug-likeness (QED) is 0.639. The highest BCUT2D eigenvalue weighted by atomic mass is 32.2. The topological polar surface area (TPSA) is 108 Å². The zero-order valence-corrected chi connectivity index (χ0v) is 17.8. The highest BCUT2D eigenvalue weighted by molar-refractivity contribution is 7.89. The highest BCUT2D eigenvalue weighted by Crippen LogP contribution is 2.37. The number of oxazole rings is 1. The number of aromatic amines is 1. The summed E-state index contributed by atoms with van der Waals surface area (Å²) in [5.74, 6) is 2.24. The molecule has 0 bridgehead atoms. The number of hydrogen-bond donors (Lipinski definition) is 1. The van der Waals surface area contributed by atoms with E-state index in [-0.39, 0.29) is 17.6 Å². The van der Waals surface area contributed by atoms with Gasteiger partial charge in [-0.15, -0.1) is 0 Å². The molecule has 2 fully saturated rings. The normalized spacial score (nSPS) is 23.5. The fourth-order valence-corrected chi connectivity index (χ4v) is 6.53. The summed E-state index contributed by atoms with van der Waals surface area (Å²) in [5, 5.41) is 0.991. The summed E-state index contributed by atoms with van der Waals surface area (Å²) >= 11 is 0. The van der Waals surface area contributed by atoms with Crippen molar-refractivity contribution in [3.63, 3.8) is 0 Å². The molecule has 1 saturated heterocycles. The van der Waals surface area contributed by atoms with Crippen LogP contribution in [0.4, 0.5) is 5.82 Å². The first-order chi connectivity index (χ1) is 14.5. The molecule has 0 unspecified atom stereocenters. The van der Waals surface area contributed by atoms with Crippen LogP contribution in [0, 0.1) is 5.92 Å². The molecule has 0 spiro atoms. The van der Waals surface area contributed by atoms with Gasteiger partial charge in [-0.25, -0.2) is 27.7 Å². The Morgan fingerprint density at radius 3 is 2.77 bits per heavy atom. The first-order valence-electron chi connectivity index (χ1n) is 10.4. The van der Waals surface area contributed by atoms with E-state index in [4.69, 9.17) is 4.42 Å². The molecule has 2 aliphatic rings. The predicted octanol–water partition coefficient (Wildman–Crippen LogP) is 2.37. The van der Waals surface area contributed by atoms with Gasteiger partial charge in [0.05, 0.1) is 17.3 Å². The van der Waals surface area contributed by atoms with Crippen LogP contribution in [-0.4, -0.2) is 64.6 Å². The lowest BCUT2D eigenvalue weighted by Crippen LogP contribution is -2.48. The van der Waals surface area contributed by atoms with E-state index in [0.29, 0.717) is 19.1 Å². The zero-order chi connectivity index (χ0) is 20.7. The molecule has 5 rings (SSSR count). The molecule has 3 aromatic heterocycles. The number of sulfonamides is 1. The van der Waals surface area contributed by atoms with Crippen molar-refractivity contribution in [1.82, 2.24) is 24.2 Å². The number of H-pyrrole nitrogens is 1. The van der Waals surface area contributed by atoms with Crippen LogP contribution in [0.25, 0.3) is 11.0 Å². The van der Waals surface area contributed by atoms with E-state index < -0.39 is 10.0 Å². The number of hydrogen-bond acceptors (Lipinski definition) is 7. The van der Waals surface area contributed by atoms with E-state index in [1.165, 1.54) is 0 Å². The molecule has 1 saturated carbocycles. The van der Waals surface area contributed by atoms with Crippen LogP contribution in [0.1, 0.15) is 37.5 Å². The fourth-order valence-electron chi connectivity index (χ4n) is 4.69. The largest absolute Gasteiger partial charge is 0.449 e. The lowest BCUT2D eigenvalue weighted by molar-refractivity contribution is 0.265. The number of aromatic nitrogens is 4. The molecule has 1 aliphatic carbocycles. The number of anilines is 1. The van der Waals surface area contributed by atoms with Crippen molar-refractivity contribution in [1.29, 1.82) is 0 Å². The summed E-state index contributed by atoms with van der Waals surface area (Å²) in [6.07, 6.45) is 9.88. The number of fused-ring (bicyclic) bond motifs is 1. The van der Waals surface area contributed by atoms with Gasteiger partial charge >= 0.3 is 0 Å². The van der Waals surface area contributed by atoms with Gasteiger partial charge < -0.3 is 14.3 Å². The Balaban J connectivity index is 1.15. The van der Waals surface area contributed by atoms with Crippen LogP contribution >= 0.6 is 0 Å². The Morgan fingerprint density at radius 1 is 1.23 bits per heavy atom. The Labute approximate surface area is 175 Å². The lowest BCUT2D eigenvalue weighted by Gasteiger charge is -2.42. The number of piperidine rings is 1. The standard InChI is InChI=1S/C20H26N6O3S/c1-25(19-17-2-5-21-18(17)23-13-24-19)16-10-14(11-16)12-30(27,28)26-7-3-15(4-8-26)20-22-6-9-29-20/h2,5-6,9,13-16H,3-4,7-8,10-12H2,1H3,(H,21,23,24)/t14-,16+. The highest BCUT2D eigenvalue weighted by Gasteiger charge is 2.38. The maximum absolute atomic E-state index is 12.9. The molecule has 30 heavy (non-hydrogen) atoms. The van der Waals surface area contributed by atoms with Gasteiger partial charge in [-0.1, -0.05) is 0 Å². The Morgan fingerprint density at radius 2 is 2.03 bits per heavy atom. The molecule has 10 heteroatoms. The smallest absolute Gasteiger partial charge is 0.214 e. The SMILES string of the molecule is CN(c1ncnc2[nH]ccc12)[C@H]1C[C@@H](CS(=O)(=O)N2CCC(c3ncco3)CC2)C1. The molecule has 3 aromatic rings. The van der Waals surface area contributed by atoms with Gasteiger partial charge in [-0.3, -0.25) is 0 Å². The average molecular weight is 431 g/mol. The van der Waals surface area contributed by atoms with Crippen molar-refractivity contribution in [2.45, 2.75) is 37.6 Å². The Hall–Kier alpha value is -2.46. The summed E-state index contributed by atoms with van der Waals surface area (Å²) in [4.78, 5) is 18.1. The minimum atomic E-state index is -3.24. The molecule has 1 aliphatic heterocycles. The second-order valence-electron chi connectivity index (χ2n) is 8.36. The predicted molar refractivity (Wildman–Crippen MR) is 113 cm³/mol. The fraction of sp³-hybridized carbons (Fsp3) is 0.550. The lowest BCUT2D eigenvalue weighted by atomic mass is 9.81. The third kappa shape index (κ3) is 3.58. The summed E-state index contributed by atoms with van der Waals surface area (Å²) in [7, 11) is -1.22. The van der Waals surface area contributed by atoms with Crippen LogP contribution in [0.5, 0.6) is 0 Å². The molecule has 9 nitrogen and oxygen atoms in total. The van der Waals surface area contributed by atoms with Gasteiger partial charge in [-0.05, 0) is 37.7 Å². The van der Waals surface area contributed by atoms with E-state index in [2.05, 4.69) is 24.8 Å². The van der Waals surface area contributed by atoms with E-state index in [1.54, 1.807) is 23.1 Å². The van der Waals surface area contributed by atoms with Crippen molar-refractivity contribution in [3.05, 3.63) is 36.9 Å². The third-order valence-electron chi connectivity index (χ3n) is 6.52. The second-order valence-corrected chi connectivity index (χ2v) is 10.4. The van der Waals surface area contributed by atoms with Gasteiger partial charge in [0.25, 0.3) is 0 Å². The monoisotopic (exact) mass is 430 g/mol. The van der Waals surface area contributed by atoms with Crippen LogP contribution in [-0.2, 0) is 10.0 Å². The van der Waals surface area contributed by atoms with Crippen molar-refractivity contribution >= 4 is 26.9 Å². The molecule has 0 amide bonds. The summed E-state index contributed by atoms with van der Waals surface area (Å²) in [6, 6.07) is 2.28. The maximum Gasteiger partial charge on any atom is 0.214 e. The van der Waals surface area contributed by atoms with E-state index in [0.717, 1.165) is 48.4 Å². The summed E-state index contributed by atoms with van der Waals surface area (Å²) in [6.45, 7) is 1.08. The second kappa shape index (κ2) is 7.66. The van der Waals surface area contributed by atoms with E-state index in [9.17, 15) is 8.42 Å². The van der Waals surface area contributed by atoms with Gasteiger partial charge in [0.2, 0.25) is 10.0 Å². The summed E-state index contributed by atoms with van der Waals surface area (Å²) < 4.78 is 32.9.